The fraction of sp³-hybridized carbons (Fsp3) is 0.429. The van der Waals surface area contributed by atoms with Gasteiger partial charge in [0.25, 0.3) is 0 Å². The minimum absolute atomic E-state index is 0.848. The molecule has 0 amide bonds. The Kier molecular flexibility index (Phi) is 4.74. The molecule has 2 aromatic heterocycles. The Balaban J connectivity index is 2.07. The Labute approximate surface area is 118 Å². The summed E-state index contributed by atoms with van der Waals surface area (Å²) in [5, 5.41) is 5.21. The molecule has 1 N–H and O–H groups in total. The molecule has 0 saturated carbocycles. The molecule has 0 bridgehead atoms. The minimum Gasteiger partial charge on any atom is -0.373 e. The van der Waals surface area contributed by atoms with Gasteiger partial charge in [0.05, 0.1) is 0 Å². The van der Waals surface area contributed by atoms with Gasteiger partial charge < -0.3 is 10.2 Å². The second-order valence-corrected chi connectivity index (χ2v) is 5.41. The van der Waals surface area contributed by atoms with Gasteiger partial charge >= 0.3 is 0 Å². The molecule has 2 rings (SSSR count). The van der Waals surface area contributed by atoms with Gasteiger partial charge in [0.2, 0.25) is 0 Å². The van der Waals surface area contributed by atoms with Crippen molar-refractivity contribution in [2.45, 2.75) is 19.8 Å². The van der Waals surface area contributed by atoms with Crippen LogP contribution in [0, 0.1) is 0 Å². The number of aromatic nitrogens is 2. The maximum absolute atomic E-state index is 4.58. The summed E-state index contributed by atoms with van der Waals surface area (Å²) >= 11 is 1.80. The molecule has 19 heavy (non-hydrogen) atoms. The number of aryl methyl sites for hydroxylation is 1. The van der Waals surface area contributed by atoms with Crippen molar-refractivity contribution in [3.8, 4) is 0 Å². The molecule has 0 spiro atoms. The van der Waals surface area contributed by atoms with Crippen molar-refractivity contribution in [3.05, 3.63) is 34.3 Å². The average molecular weight is 276 g/mol. The standard InChI is InChI=1S/C14H20N4S/c1-4-12-16-13(15-2)10-14(17-12)18(3)8-7-11-6-5-9-19-11/h5-6,9-10H,4,7-8H2,1-3H3,(H,15,16,17). The number of hydrogen-bond donors (Lipinski definition) is 1. The van der Waals surface area contributed by atoms with Crippen molar-refractivity contribution >= 4 is 23.0 Å². The lowest BCUT2D eigenvalue weighted by Crippen LogP contribution is -2.22. The van der Waals surface area contributed by atoms with Crippen molar-refractivity contribution in [1.82, 2.24) is 9.97 Å². The zero-order valence-corrected chi connectivity index (χ0v) is 12.5. The molecule has 0 aromatic carbocycles. The number of nitrogens with zero attached hydrogens (tertiary/aromatic N) is 3. The van der Waals surface area contributed by atoms with Crippen molar-refractivity contribution in [2.75, 3.05) is 30.9 Å². The molecule has 0 aliphatic rings. The van der Waals surface area contributed by atoms with E-state index in [-0.39, 0.29) is 0 Å². The van der Waals surface area contributed by atoms with E-state index in [4.69, 9.17) is 0 Å². The fourth-order valence-corrected chi connectivity index (χ4v) is 2.51. The molecule has 0 aliphatic heterocycles. The third kappa shape index (κ3) is 3.67. The van der Waals surface area contributed by atoms with Crippen molar-refractivity contribution < 1.29 is 0 Å². The summed E-state index contributed by atoms with van der Waals surface area (Å²) in [5.41, 5.74) is 0. The topological polar surface area (TPSA) is 41.1 Å². The summed E-state index contributed by atoms with van der Waals surface area (Å²) < 4.78 is 0. The number of rotatable bonds is 6. The van der Waals surface area contributed by atoms with E-state index in [1.165, 1.54) is 4.88 Å². The number of likely N-dealkylation sites (N-methyl/N-ethyl adjacent to an activating group) is 1. The molecule has 0 unspecified atom stereocenters. The summed E-state index contributed by atoms with van der Waals surface area (Å²) in [5.74, 6) is 2.74. The van der Waals surface area contributed by atoms with Crippen LogP contribution in [-0.2, 0) is 12.8 Å². The highest BCUT2D eigenvalue weighted by Crippen LogP contribution is 2.16. The van der Waals surface area contributed by atoms with Gasteiger partial charge in [-0.25, -0.2) is 9.97 Å². The molecular weight excluding hydrogens is 256 g/mol. The first-order chi connectivity index (χ1) is 9.22. The molecule has 2 aromatic rings. The van der Waals surface area contributed by atoms with Gasteiger partial charge in [-0.1, -0.05) is 13.0 Å². The highest BCUT2D eigenvalue weighted by molar-refractivity contribution is 7.09. The number of thiophene rings is 1. The van der Waals surface area contributed by atoms with E-state index in [2.05, 4.69) is 51.7 Å². The van der Waals surface area contributed by atoms with Crippen molar-refractivity contribution in [2.24, 2.45) is 0 Å². The summed E-state index contributed by atoms with van der Waals surface area (Å²) in [6.07, 6.45) is 1.90. The van der Waals surface area contributed by atoms with Gasteiger partial charge in [-0.2, -0.15) is 0 Å². The second-order valence-electron chi connectivity index (χ2n) is 4.38. The van der Waals surface area contributed by atoms with E-state index in [0.29, 0.717) is 0 Å². The summed E-state index contributed by atoms with van der Waals surface area (Å²) in [6.45, 7) is 3.04. The Morgan fingerprint density at radius 1 is 1.37 bits per heavy atom. The number of hydrogen-bond acceptors (Lipinski definition) is 5. The predicted octanol–water partition coefficient (Wildman–Crippen LogP) is 2.82. The summed E-state index contributed by atoms with van der Waals surface area (Å²) in [7, 11) is 3.96. The van der Waals surface area contributed by atoms with Crippen LogP contribution >= 0.6 is 11.3 Å². The molecule has 102 valence electrons. The monoisotopic (exact) mass is 276 g/mol. The van der Waals surface area contributed by atoms with Gasteiger partial charge in [0.15, 0.2) is 0 Å². The first-order valence-electron chi connectivity index (χ1n) is 6.52. The lowest BCUT2D eigenvalue weighted by Gasteiger charge is -2.19. The van der Waals surface area contributed by atoms with Crippen LogP contribution in [0.1, 0.15) is 17.6 Å². The maximum atomic E-state index is 4.58. The van der Waals surface area contributed by atoms with E-state index in [9.17, 15) is 0 Å². The van der Waals surface area contributed by atoms with Gasteiger partial charge in [-0.05, 0) is 17.9 Å². The van der Waals surface area contributed by atoms with E-state index >= 15 is 0 Å². The zero-order chi connectivity index (χ0) is 13.7. The van der Waals surface area contributed by atoms with Crippen LogP contribution in [0.15, 0.2) is 23.6 Å². The Morgan fingerprint density at radius 3 is 2.84 bits per heavy atom. The number of nitrogens with one attached hydrogen (secondary N) is 1. The molecule has 2 heterocycles. The SMILES string of the molecule is CCc1nc(NC)cc(N(C)CCc2cccs2)n1. The van der Waals surface area contributed by atoms with E-state index in [1.54, 1.807) is 11.3 Å². The normalized spacial score (nSPS) is 10.5. The lowest BCUT2D eigenvalue weighted by atomic mass is 10.3. The van der Waals surface area contributed by atoms with Crippen molar-refractivity contribution in [1.29, 1.82) is 0 Å². The zero-order valence-electron chi connectivity index (χ0n) is 11.7. The van der Waals surface area contributed by atoms with Gasteiger partial charge in [0, 0.05) is 38.0 Å². The first-order valence-corrected chi connectivity index (χ1v) is 7.40. The first kappa shape index (κ1) is 13.8. The Bertz CT molecular complexity index is 488. The quantitative estimate of drug-likeness (QED) is 0.881. The number of anilines is 2. The summed E-state index contributed by atoms with van der Waals surface area (Å²) in [4.78, 5) is 12.6. The summed E-state index contributed by atoms with van der Waals surface area (Å²) in [6, 6.07) is 6.27. The van der Waals surface area contributed by atoms with Gasteiger partial charge in [0.1, 0.15) is 17.5 Å². The molecule has 0 fully saturated rings. The molecular formula is C14H20N4S. The van der Waals surface area contributed by atoms with E-state index in [1.807, 2.05) is 13.1 Å². The van der Waals surface area contributed by atoms with Crippen LogP contribution in [0.4, 0.5) is 11.6 Å². The highest BCUT2D eigenvalue weighted by Gasteiger charge is 2.07. The van der Waals surface area contributed by atoms with E-state index in [0.717, 1.165) is 36.8 Å². The van der Waals surface area contributed by atoms with Crippen LogP contribution < -0.4 is 10.2 Å². The molecule has 0 aliphatic carbocycles. The van der Waals surface area contributed by atoms with Crippen LogP contribution in [0.3, 0.4) is 0 Å². The third-order valence-electron chi connectivity index (χ3n) is 3.00. The average Bonchev–Trinajstić information content (AvgIpc) is 2.97. The second kappa shape index (κ2) is 6.52. The van der Waals surface area contributed by atoms with Crippen LogP contribution in [0.2, 0.25) is 0 Å². The molecule has 0 saturated heterocycles. The fourth-order valence-electron chi connectivity index (χ4n) is 1.81. The van der Waals surface area contributed by atoms with Crippen LogP contribution in [0.5, 0.6) is 0 Å². The van der Waals surface area contributed by atoms with E-state index < -0.39 is 0 Å². The Hall–Kier alpha value is -1.62. The van der Waals surface area contributed by atoms with Gasteiger partial charge in [-0.15, -0.1) is 11.3 Å². The van der Waals surface area contributed by atoms with Crippen LogP contribution in [-0.4, -0.2) is 30.6 Å². The largest absolute Gasteiger partial charge is 0.373 e. The Morgan fingerprint density at radius 2 is 2.21 bits per heavy atom. The highest BCUT2D eigenvalue weighted by atomic mass is 32.1. The van der Waals surface area contributed by atoms with Crippen LogP contribution in [0.25, 0.3) is 0 Å². The third-order valence-corrected chi connectivity index (χ3v) is 3.93. The molecule has 4 nitrogen and oxygen atoms in total. The molecule has 5 heteroatoms. The molecule has 0 radical (unpaired) electrons. The van der Waals surface area contributed by atoms with Crippen molar-refractivity contribution in [3.63, 3.8) is 0 Å². The molecule has 0 atom stereocenters. The smallest absolute Gasteiger partial charge is 0.134 e. The predicted molar refractivity (Wildman–Crippen MR) is 82.2 cm³/mol. The maximum Gasteiger partial charge on any atom is 0.134 e. The van der Waals surface area contributed by atoms with Gasteiger partial charge in [-0.3, -0.25) is 0 Å². The lowest BCUT2D eigenvalue weighted by molar-refractivity contribution is 0.844. The minimum atomic E-state index is 0.848.